The van der Waals surface area contributed by atoms with E-state index in [2.05, 4.69) is 32.6 Å². The van der Waals surface area contributed by atoms with Gasteiger partial charge in [-0.3, -0.25) is 0 Å². The largest absolute Gasteiger partial charge is 0.493 e. The monoisotopic (exact) mass is 376 g/mol. The van der Waals surface area contributed by atoms with Crippen LogP contribution in [-0.2, 0) is 0 Å². The van der Waals surface area contributed by atoms with Gasteiger partial charge in [-0.25, -0.2) is 9.97 Å². The summed E-state index contributed by atoms with van der Waals surface area (Å²) in [7, 11) is 3.18. The summed E-state index contributed by atoms with van der Waals surface area (Å²) in [6, 6.07) is 5.49. The van der Waals surface area contributed by atoms with Crippen LogP contribution in [0.25, 0.3) is 11.4 Å². The Morgan fingerprint density at radius 2 is 1.89 bits per heavy atom. The molecule has 0 fully saturated rings. The van der Waals surface area contributed by atoms with Crippen molar-refractivity contribution >= 4 is 34.2 Å². The summed E-state index contributed by atoms with van der Waals surface area (Å²) in [4.78, 5) is 8.47. The summed E-state index contributed by atoms with van der Waals surface area (Å²) >= 11 is 8.07. The van der Waals surface area contributed by atoms with Gasteiger partial charge in [0.25, 0.3) is 0 Å². The van der Waals surface area contributed by atoms with Crippen LogP contribution in [0.15, 0.2) is 24.4 Å². The Labute approximate surface area is 123 Å². The zero-order valence-corrected chi connectivity index (χ0v) is 12.7. The minimum absolute atomic E-state index is 0.440. The van der Waals surface area contributed by atoms with E-state index >= 15 is 0 Å². The van der Waals surface area contributed by atoms with Crippen molar-refractivity contribution < 1.29 is 9.47 Å². The average molecular weight is 377 g/mol. The van der Waals surface area contributed by atoms with Crippen LogP contribution >= 0.6 is 34.2 Å². The van der Waals surface area contributed by atoms with Crippen molar-refractivity contribution in [3.63, 3.8) is 0 Å². The van der Waals surface area contributed by atoms with Gasteiger partial charge < -0.3 is 9.47 Å². The summed E-state index contributed by atoms with van der Waals surface area (Å²) < 4.78 is 11.2. The third-order valence-electron chi connectivity index (χ3n) is 2.34. The van der Waals surface area contributed by atoms with Gasteiger partial charge in [-0.05, 0) is 40.8 Å². The van der Waals surface area contributed by atoms with Crippen LogP contribution in [0.3, 0.4) is 0 Å². The molecule has 4 nitrogen and oxygen atoms in total. The Bertz CT molecular complexity index is 578. The fourth-order valence-corrected chi connectivity index (χ4v) is 1.85. The molecule has 0 N–H and O–H groups in total. The molecule has 0 spiro atoms. The number of aromatic nitrogens is 2. The average Bonchev–Trinajstić information content (AvgIpc) is 2.41. The van der Waals surface area contributed by atoms with Crippen molar-refractivity contribution in [3.05, 3.63) is 33.1 Å². The van der Waals surface area contributed by atoms with Gasteiger partial charge in [0.1, 0.15) is 5.15 Å². The first-order chi connectivity index (χ1) is 8.65. The highest BCUT2D eigenvalue weighted by Crippen LogP contribution is 2.31. The molecule has 2 aromatic rings. The summed E-state index contributed by atoms with van der Waals surface area (Å²) in [6.07, 6.45) is 1.68. The molecule has 1 heterocycles. The van der Waals surface area contributed by atoms with Crippen LogP contribution in [0.5, 0.6) is 11.5 Å². The predicted octanol–water partition coefficient (Wildman–Crippen LogP) is 3.42. The molecule has 0 aliphatic heterocycles. The SMILES string of the molecule is COc1ccc(-c2ncc(I)c(Cl)n2)cc1OC. The molecule has 0 amide bonds. The van der Waals surface area contributed by atoms with E-state index in [0.717, 1.165) is 9.13 Å². The number of nitrogens with zero attached hydrogens (tertiary/aromatic N) is 2. The molecular formula is C12H10ClIN2O2. The Kier molecular flexibility index (Phi) is 4.23. The summed E-state index contributed by atoms with van der Waals surface area (Å²) in [5, 5.41) is 0.440. The van der Waals surface area contributed by atoms with Crippen molar-refractivity contribution in [2.24, 2.45) is 0 Å². The molecule has 0 atom stereocenters. The maximum Gasteiger partial charge on any atom is 0.161 e. The molecule has 0 saturated heterocycles. The van der Waals surface area contributed by atoms with Gasteiger partial charge in [-0.2, -0.15) is 0 Å². The van der Waals surface area contributed by atoms with Crippen molar-refractivity contribution in [1.82, 2.24) is 9.97 Å². The maximum absolute atomic E-state index is 5.98. The van der Waals surface area contributed by atoms with Gasteiger partial charge in [0, 0.05) is 11.8 Å². The third-order valence-corrected chi connectivity index (χ3v) is 3.74. The van der Waals surface area contributed by atoms with Gasteiger partial charge in [0.2, 0.25) is 0 Å². The number of rotatable bonds is 3. The number of halogens is 2. The lowest BCUT2D eigenvalue weighted by Crippen LogP contribution is -1.94. The van der Waals surface area contributed by atoms with Crippen LogP contribution in [0, 0.1) is 3.57 Å². The molecule has 0 bridgehead atoms. The van der Waals surface area contributed by atoms with Crippen molar-refractivity contribution in [3.8, 4) is 22.9 Å². The standard InChI is InChI=1S/C12H10ClIN2O2/c1-17-9-4-3-7(5-10(9)18-2)12-15-6-8(14)11(13)16-12/h3-6H,1-2H3. The highest BCUT2D eigenvalue weighted by molar-refractivity contribution is 14.1. The second-order valence-electron chi connectivity index (χ2n) is 3.40. The van der Waals surface area contributed by atoms with Gasteiger partial charge in [0.15, 0.2) is 17.3 Å². The first-order valence-electron chi connectivity index (χ1n) is 5.06. The Morgan fingerprint density at radius 1 is 1.17 bits per heavy atom. The van der Waals surface area contributed by atoms with Gasteiger partial charge in [-0.15, -0.1) is 0 Å². The van der Waals surface area contributed by atoms with E-state index in [1.54, 1.807) is 20.4 Å². The summed E-state index contributed by atoms with van der Waals surface area (Å²) in [6.45, 7) is 0. The molecule has 1 aromatic carbocycles. The van der Waals surface area contributed by atoms with E-state index in [0.29, 0.717) is 22.5 Å². The van der Waals surface area contributed by atoms with Crippen LogP contribution in [0.2, 0.25) is 5.15 Å². The van der Waals surface area contributed by atoms with E-state index in [9.17, 15) is 0 Å². The Balaban J connectivity index is 2.47. The molecular weight excluding hydrogens is 367 g/mol. The molecule has 6 heteroatoms. The second kappa shape index (κ2) is 5.71. The molecule has 1 aromatic heterocycles. The molecule has 0 saturated carbocycles. The van der Waals surface area contributed by atoms with Gasteiger partial charge in [0.05, 0.1) is 17.8 Å². The van der Waals surface area contributed by atoms with Crippen molar-refractivity contribution in [1.29, 1.82) is 0 Å². The van der Waals surface area contributed by atoms with Crippen LogP contribution in [0.4, 0.5) is 0 Å². The maximum atomic E-state index is 5.98. The second-order valence-corrected chi connectivity index (χ2v) is 4.92. The molecule has 0 radical (unpaired) electrons. The Morgan fingerprint density at radius 3 is 2.50 bits per heavy atom. The van der Waals surface area contributed by atoms with Crippen LogP contribution < -0.4 is 9.47 Å². The lowest BCUT2D eigenvalue weighted by atomic mass is 10.2. The van der Waals surface area contributed by atoms with Crippen LogP contribution in [-0.4, -0.2) is 24.2 Å². The highest BCUT2D eigenvalue weighted by Gasteiger charge is 2.09. The zero-order valence-electron chi connectivity index (χ0n) is 9.78. The molecule has 18 heavy (non-hydrogen) atoms. The highest BCUT2D eigenvalue weighted by atomic mass is 127. The predicted molar refractivity (Wildman–Crippen MR) is 78.3 cm³/mol. The number of ether oxygens (including phenoxy) is 2. The van der Waals surface area contributed by atoms with Crippen molar-refractivity contribution in [2.75, 3.05) is 14.2 Å². The normalized spacial score (nSPS) is 10.2. The summed E-state index contributed by atoms with van der Waals surface area (Å²) in [5.74, 6) is 1.85. The number of methoxy groups -OCH3 is 2. The van der Waals surface area contributed by atoms with Crippen LogP contribution in [0.1, 0.15) is 0 Å². The minimum Gasteiger partial charge on any atom is -0.493 e. The van der Waals surface area contributed by atoms with E-state index in [-0.39, 0.29) is 0 Å². The minimum atomic E-state index is 0.440. The number of hydrogen-bond acceptors (Lipinski definition) is 4. The first kappa shape index (κ1) is 13.4. The van der Waals surface area contributed by atoms with E-state index in [1.807, 2.05) is 18.2 Å². The summed E-state index contributed by atoms with van der Waals surface area (Å²) in [5.41, 5.74) is 0.825. The fraction of sp³-hybridized carbons (Fsp3) is 0.167. The van der Waals surface area contributed by atoms with Crippen molar-refractivity contribution in [2.45, 2.75) is 0 Å². The Hall–Kier alpha value is -1.08. The van der Waals surface area contributed by atoms with Gasteiger partial charge >= 0.3 is 0 Å². The molecule has 94 valence electrons. The van der Waals surface area contributed by atoms with E-state index in [1.165, 1.54) is 0 Å². The lowest BCUT2D eigenvalue weighted by Gasteiger charge is -2.09. The quantitative estimate of drug-likeness (QED) is 0.608. The van der Waals surface area contributed by atoms with E-state index < -0.39 is 0 Å². The first-order valence-corrected chi connectivity index (χ1v) is 6.52. The third kappa shape index (κ3) is 2.67. The number of hydrogen-bond donors (Lipinski definition) is 0. The molecule has 0 aliphatic carbocycles. The molecule has 2 rings (SSSR count). The molecule has 0 aliphatic rings. The topological polar surface area (TPSA) is 44.2 Å². The molecule has 0 unspecified atom stereocenters. The smallest absolute Gasteiger partial charge is 0.161 e. The fourth-order valence-electron chi connectivity index (χ4n) is 1.46. The lowest BCUT2D eigenvalue weighted by molar-refractivity contribution is 0.355. The van der Waals surface area contributed by atoms with Gasteiger partial charge in [-0.1, -0.05) is 11.6 Å². The number of benzene rings is 1. The zero-order chi connectivity index (χ0) is 13.1. The van der Waals surface area contributed by atoms with E-state index in [4.69, 9.17) is 21.1 Å².